The second-order valence-corrected chi connectivity index (χ2v) is 5.18. The van der Waals surface area contributed by atoms with E-state index >= 15 is 0 Å². The third-order valence-electron chi connectivity index (χ3n) is 3.66. The molecule has 1 aliphatic rings. The first kappa shape index (κ1) is 15.3. The highest BCUT2D eigenvalue weighted by molar-refractivity contribution is 5.87. The van der Waals surface area contributed by atoms with Gasteiger partial charge in [-0.15, -0.1) is 0 Å². The minimum Gasteiger partial charge on any atom is -0.478 e. The number of nitrogens with one attached hydrogen (secondary N) is 2. The number of carbonyl (C=O) groups excluding carboxylic acids is 1. The van der Waals surface area contributed by atoms with Gasteiger partial charge in [-0.2, -0.15) is 0 Å². The van der Waals surface area contributed by atoms with Crippen molar-refractivity contribution in [3.8, 4) is 0 Å². The maximum Gasteiger partial charge on any atom is 0.335 e. The average molecular weight is 292 g/mol. The summed E-state index contributed by atoms with van der Waals surface area (Å²) in [6.07, 6.45) is 2.66. The molecule has 2 rings (SSSR count). The summed E-state index contributed by atoms with van der Waals surface area (Å²) in [4.78, 5) is 22.4. The fourth-order valence-electron chi connectivity index (χ4n) is 2.25. The molecule has 0 unspecified atom stereocenters. The van der Waals surface area contributed by atoms with Gasteiger partial charge in [-0.3, -0.25) is 0 Å². The quantitative estimate of drug-likeness (QED) is 0.739. The Morgan fingerprint density at radius 1 is 1.29 bits per heavy atom. The molecule has 1 aliphatic carbocycles. The third-order valence-corrected chi connectivity index (χ3v) is 3.66. The average Bonchev–Trinajstić information content (AvgIpc) is 2.43. The smallest absolute Gasteiger partial charge is 0.335 e. The molecule has 21 heavy (non-hydrogen) atoms. The monoisotopic (exact) mass is 292 g/mol. The number of hydrogen-bond acceptors (Lipinski definition) is 3. The summed E-state index contributed by atoms with van der Waals surface area (Å²) in [5.41, 5.74) is 1.26. The van der Waals surface area contributed by atoms with Crippen LogP contribution < -0.4 is 10.6 Å². The summed E-state index contributed by atoms with van der Waals surface area (Å²) in [7, 11) is 1.68. The maximum absolute atomic E-state index is 11.6. The number of hydrogen-bond donors (Lipinski definition) is 3. The van der Waals surface area contributed by atoms with Crippen molar-refractivity contribution in [3.63, 3.8) is 0 Å². The number of amides is 2. The van der Waals surface area contributed by atoms with Crippen molar-refractivity contribution in [1.82, 2.24) is 10.6 Å². The molecular formula is C15H20N2O4. The molecule has 0 atom stereocenters. The summed E-state index contributed by atoms with van der Waals surface area (Å²) in [5, 5.41) is 14.5. The van der Waals surface area contributed by atoms with Gasteiger partial charge in [-0.1, -0.05) is 12.1 Å². The van der Waals surface area contributed by atoms with Crippen molar-refractivity contribution in [1.29, 1.82) is 0 Å². The number of methoxy groups -OCH3 is 1. The Morgan fingerprint density at radius 2 is 1.95 bits per heavy atom. The highest BCUT2D eigenvalue weighted by Crippen LogP contribution is 2.22. The summed E-state index contributed by atoms with van der Waals surface area (Å²) in [6.45, 7) is 0.513. The first-order chi connectivity index (χ1) is 10.1. The lowest BCUT2D eigenvalue weighted by Crippen LogP contribution is -2.50. The fraction of sp³-hybridized carbons (Fsp3) is 0.467. The van der Waals surface area contributed by atoms with Crippen LogP contribution in [0.25, 0.3) is 0 Å². The molecule has 3 N–H and O–H groups in total. The second-order valence-electron chi connectivity index (χ2n) is 5.18. The predicted molar refractivity (Wildman–Crippen MR) is 77.5 cm³/mol. The molecule has 0 radical (unpaired) electrons. The van der Waals surface area contributed by atoms with Gasteiger partial charge >= 0.3 is 12.0 Å². The van der Waals surface area contributed by atoms with Crippen molar-refractivity contribution in [2.24, 2.45) is 0 Å². The molecule has 0 spiro atoms. The Hall–Kier alpha value is -2.08. The van der Waals surface area contributed by atoms with Gasteiger partial charge in [0.1, 0.15) is 0 Å². The summed E-state index contributed by atoms with van der Waals surface area (Å²) in [6, 6.07) is 6.69. The Balaban J connectivity index is 1.64. The van der Waals surface area contributed by atoms with Crippen LogP contribution in [0.4, 0.5) is 4.79 Å². The molecule has 1 saturated carbocycles. The third kappa shape index (κ3) is 4.46. The van der Waals surface area contributed by atoms with E-state index in [-0.39, 0.29) is 23.7 Å². The highest BCUT2D eigenvalue weighted by Gasteiger charge is 2.29. The molecule has 1 aromatic rings. The zero-order valence-electron chi connectivity index (χ0n) is 12.0. The summed E-state index contributed by atoms with van der Waals surface area (Å²) in [5.74, 6) is -0.936. The van der Waals surface area contributed by atoms with E-state index in [1.165, 1.54) is 0 Å². The van der Waals surface area contributed by atoms with Gasteiger partial charge in [0.05, 0.1) is 11.7 Å². The van der Waals surface area contributed by atoms with Gasteiger partial charge in [0.25, 0.3) is 0 Å². The van der Waals surface area contributed by atoms with Crippen molar-refractivity contribution in [2.75, 3.05) is 13.7 Å². The van der Waals surface area contributed by atoms with Gasteiger partial charge in [0, 0.05) is 19.7 Å². The molecule has 0 heterocycles. The number of ether oxygens (including phenoxy) is 1. The number of benzene rings is 1. The number of urea groups is 1. The van der Waals surface area contributed by atoms with Crippen LogP contribution in [-0.2, 0) is 11.2 Å². The zero-order chi connectivity index (χ0) is 15.2. The largest absolute Gasteiger partial charge is 0.478 e. The molecule has 1 fully saturated rings. The van der Waals surface area contributed by atoms with Crippen LogP contribution in [0.1, 0.15) is 28.8 Å². The number of carboxylic acids is 1. The molecule has 114 valence electrons. The molecule has 1 aromatic carbocycles. The van der Waals surface area contributed by atoms with E-state index in [0.29, 0.717) is 13.0 Å². The first-order valence-electron chi connectivity index (χ1n) is 6.98. The fourth-order valence-corrected chi connectivity index (χ4v) is 2.25. The van der Waals surface area contributed by atoms with Crippen LogP contribution in [-0.4, -0.2) is 42.9 Å². The van der Waals surface area contributed by atoms with Crippen molar-refractivity contribution in [3.05, 3.63) is 35.4 Å². The SMILES string of the molecule is COC1CC(NC(=O)NCCc2ccc(C(=O)O)cc2)C1. The number of carboxylic acid groups (broad SMARTS) is 1. The summed E-state index contributed by atoms with van der Waals surface area (Å²) >= 11 is 0. The summed E-state index contributed by atoms with van der Waals surface area (Å²) < 4.78 is 5.15. The van der Waals surface area contributed by atoms with Gasteiger partial charge in [0.2, 0.25) is 0 Å². The van der Waals surface area contributed by atoms with E-state index in [4.69, 9.17) is 9.84 Å². The predicted octanol–water partition coefficient (Wildman–Crippen LogP) is 1.40. The van der Waals surface area contributed by atoms with Crippen LogP contribution >= 0.6 is 0 Å². The lowest BCUT2D eigenvalue weighted by molar-refractivity contribution is 0.0206. The number of rotatable bonds is 6. The van der Waals surface area contributed by atoms with E-state index in [0.717, 1.165) is 18.4 Å². The molecule has 6 nitrogen and oxygen atoms in total. The maximum atomic E-state index is 11.6. The standard InChI is InChI=1S/C15H20N2O4/c1-21-13-8-12(9-13)17-15(20)16-7-6-10-2-4-11(5-3-10)14(18)19/h2-5,12-13H,6-9H2,1H3,(H,18,19)(H2,16,17,20). The Bertz CT molecular complexity index is 495. The molecule has 0 saturated heterocycles. The van der Waals surface area contributed by atoms with Crippen molar-refractivity contribution < 1.29 is 19.4 Å². The second kappa shape index (κ2) is 7.08. The van der Waals surface area contributed by atoms with E-state index in [9.17, 15) is 9.59 Å². The number of carbonyl (C=O) groups is 2. The lowest BCUT2D eigenvalue weighted by Gasteiger charge is -2.34. The molecule has 0 aliphatic heterocycles. The minimum absolute atomic E-state index is 0.170. The van der Waals surface area contributed by atoms with E-state index in [2.05, 4.69) is 10.6 Å². The van der Waals surface area contributed by atoms with Gasteiger partial charge in [0.15, 0.2) is 0 Å². The Kier molecular flexibility index (Phi) is 5.16. The van der Waals surface area contributed by atoms with Crippen LogP contribution in [0.15, 0.2) is 24.3 Å². The van der Waals surface area contributed by atoms with Crippen LogP contribution in [0.3, 0.4) is 0 Å². The van der Waals surface area contributed by atoms with E-state index in [1.807, 2.05) is 0 Å². The Morgan fingerprint density at radius 3 is 2.52 bits per heavy atom. The molecule has 6 heteroatoms. The molecule has 0 bridgehead atoms. The Labute approximate surface area is 123 Å². The van der Waals surface area contributed by atoms with Crippen LogP contribution in [0.2, 0.25) is 0 Å². The van der Waals surface area contributed by atoms with Crippen LogP contribution in [0, 0.1) is 0 Å². The van der Waals surface area contributed by atoms with Gasteiger partial charge in [-0.25, -0.2) is 9.59 Å². The van der Waals surface area contributed by atoms with Crippen molar-refractivity contribution >= 4 is 12.0 Å². The van der Waals surface area contributed by atoms with Gasteiger partial charge < -0.3 is 20.5 Å². The zero-order valence-corrected chi connectivity index (χ0v) is 12.0. The van der Waals surface area contributed by atoms with E-state index in [1.54, 1.807) is 31.4 Å². The number of aromatic carboxylic acids is 1. The first-order valence-corrected chi connectivity index (χ1v) is 6.98. The van der Waals surface area contributed by atoms with Gasteiger partial charge in [-0.05, 0) is 37.0 Å². The van der Waals surface area contributed by atoms with E-state index < -0.39 is 5.97 Å². The topological polar surface area (TPSA) is 87.7 Å². The molecular weight excluding hydrogens is 272 g/mol. The molecule has 0 aromatic heterocycles. The molecule has 2 amide bonds. The minimum atomic E-state index is -0.936. The normalized spacial score (nSPS) is 20.4. The van der Waals surface area contributed by atoms with Crippen molar-refractivity contribution in [2.45, 2.75) is 31.4 Å². The van der Waals surface area contributed by atoms with Crippen LogP contribution in [0.5, 0.6) is 0 Å². The highest BCUT2D eigenvalue weighted by atomic mass is 16.5. The lowest BCUT2D eigenvalue weighted by atomic mass is 9.89.